The number of hydrogen-bond acceptors (Lipinski definition) is 5. The molecule has 3 rings (SSSR count). The number of aromatic nitrogens is 2. The van der Waals surface area contributed by atoms with E-state index in [0.717, 1.165) is 23.6 Å². The predicted molar refractivity (Wildman–Crippen MR) is 84.1 cm³/mol. The Hall–Kier alpha value is -2.06. The zero-order chi connectivity index (χ0) is 16.4. The lowest BCUT2D eigenvalue weighted by Crippen LogP contribution is -2.48. The van der Waals surface area contributed by atoms with Crippen molar-refractivity contribution in [3.05, 3.63) is 48.2 Å². The van der Waals surface area contributed by atoms with Crippen molar-refractivity contribution in [2.24, 2.45) is 0 Å². The molecule has 0 bridgehead atoms. The number of hydrogen-bond donors (Lipinski definition) is 0. The molecule has 1 saturated heterocycles. The van der Waals surface area contributed by atoms with Crippen molar-refractivity contribution in [2.45, 2.75) is 11.8 Å². The summed E-state index contributed by atoms with van der Waals surface area (Å²) in [4.78, 5) is 10.4. The Morgan fingerprint density at radius 3 is 2.30 bits per heavy atom. The maximum Gasteiger partial charge on any atom is 0.243 e. The minimum atomic E-state index is -3.59. The van der Waals surface area contributed by atoms with Gasteiger partial charge >= 0.3 is 0 Å². The summed E-state index contributed by atoms with van der Waals surface area (Å²) in [6.07, 6.45) is 1.51. The van der Waals surface area contributed by atoms with Crippen LogP contribution in [0.25, 0.3) is 0 Å². The van der Waals surface area contributed by atoms with Gasteiger partial charge in [0.05, 0.1) is 4.90 Å². The van der Waals surface area contributed by atoms with Gasteiger partial charge in [-0.1, -0.05) is 0 Å². The fourth-order valence-corrected chi connectivity index (χ4v) is 3.95. The topological polar surface area (TPSA) is 66.4 Å². The molecule has 0 unspecified atom stereocenters. The first-order chi connectivity index (χ1) is 11.0. The molecule has 1 aliphatic heterocycles. The van der Waals surface area contributed by atoms with Crippen LogP contribution in [0, 0.1) is 12.7 Å². The summed E-state index contributed by atoms with van der Waals surface area (Å²) in [6.45, 7) is 3.72. The third-order valence-corrected chi connectivity index (χ3v) is 5.72. The van der Waals surface area contributed by atoms with Crippen LogP contribution in [0.15, 0.2) is 41.6 Å². The molecule has 0 saturated carbocycles. The van der Waals surface area contributed by atoms with Crippen molar-refractivity contribution in [2.75, 3.05) is 31.1 Å². The Kier molecular flexibility index (Phi) is 4.27. The molecule has 1 aromatic carbocycles. The first-order valence-corrected chi connectivity index (χ1v) is 8.70. The summed E-state index contributed by atoms with van der Waals surface area (Å²) in [5.74, 6) is 0.351. The van der Waals surface area contributed by atoms with E-state index in [4.69, 9.17) is 0 Å². The van der Waals surface area contributed by atoms with E-state index in [1.165, 1.54) is 22.8 Å². The van der Waals surface area contributed by atoms with Gasteiger partial charge in [0.25, 0.3) is 0 Å². The summed E-state index contributed by atoms with van der Waals surface area (Å²) in [5.41, 5.74) is 0.872. The van der Waals surface area contributed by atoms with Crippen LogP contribution in [0.2, 0.25) is 0 Å². The van der Waals surface area contributed by atoms with Crippen LogP contribution < -0.4 is 4.90 Å². The van der Waals surface area contributed by atoms with Gasteiger partial charge in [-0.15, -0.1) is 0 Å². The van der Waals surface area contributed by atoms with Crippen molar-refractivity contribution >= 4 is 15.8 Å². The molecule has 2 aromatic rings. The van der Waals surface area contributed by atoms with E-state index >= 15 is 0 Å². The summed E-state index contributed by atoms with van der Waals surface area (Å²) >= 11 is 0. The lowest BCUT2D eigenvalue weighted by molar-refractivity contribution is 0.383. The van der Waals surface area contributed by atoms with Crippen molar-refractivity contribution in [1.29, 1.82) is 0 Å². The van der Waals surface area contributed by atoms with Gasteiger partial charge in [0, 0.05) is 37.9 Å². The zero-order valence-corrected chi connectivity index (χ0v) is 13.5. The summed E-state index contributed by atoms with van der Waals surface area (Å²) in [6, 6.07) is 6.79. The van der Waals surface area contributed by atoms with Crippen molar-refractivity contribution in [3.8, 4) is 0 Å². The Morgan fingerprint density at radius 2 is 1.70 bits per heavy atom. The molecule has 122 valence electrons. The molecule has 1 aliphatic rings. The molecular weight excluding hydrogens is 319 g/mol. The highest BCUT2D eigenvalue weighted by Crippen LogP contribution is 2.20. The van der Waals surface area contributed by atoms with Gasteiger partial charge in [0.2, 0.25) is 10.0 Å². The number of aryl methyl sites for hydroxylation is 1. The molecule has 8 heteroatoms. The lowest BCUT2D eigenvalue weighted by Gasteiger charge is -2.34. The smallest absolute Gasteiger partial charge is 0.243 e. The van der Waals surface area contributed by atoms with E-state index in [1.54, 1.807) is 0 Å². The number of nitrogens with zero attached hydrogens (tertiary/aromatic N) is 4. The number of piperazine rings is 1. The maximum absolute atomic E-state index is 13.0. The molecule has 2 heterocycles. The van der Waals surface area contributed by atoms with E-state index in [2.05, 4.69) is 9.97 Å². The molecule has 0 atom stereocenters. The van der Waals surface area contributed by atoms with E-state index in [1.807, 2.05) is 17.9 Å². The molecular formula is C15H17FN4O2S. The number of anilines is 1. The minimum absolute atomic E-state index is 0.116. The number of benzene rings is 1. The lowest BCUT2D eigenvalue weighted by atomic mass is 10.3. The van der Waals surface area contributed by atoms with Crippen LogP contribution in [0.5, 0.6) is 0 Å². The molecule has 1 fully saturated rings. The van der Waals surface area contributed by atoms with Gasteiger partial charge in [0.1, 0.15) is 18.0 Å². The van der Waals surface area contributed by atoms with Crippen molar-refractivity contribution < 1.29 is 12.8 Å². The summed E-state index contributed by atoms with van der Waals surface area (Å²) < 4.78 is 39.5. The van der Waals surface area contributed by atoms with Crippen LogP contribution in [0.1, 0.15) is 5.69 Å². The summed E-state index contributed by atoms with van der Waals surface area (Å²) in [7, 11) is -3.59. The number of halogens is 1. The average molecular weight is 336 g/mol. The Balaban J connectivity index is 1.72. The fourth-order valence-electron chi connectivity index (χ4n) is 2.53. The Labute approximate surface area is 134 Å². The second kappa shape index (κ2) is 6.21. The largest absolute Gasteiger partial charge is 0.354 e. The normalized spacial score (nSPS) is 16.5. The second-order valence-electron chi connectivity index (χ2n) is 5.36. The number of sulfonamides is 1. The van der Waals surface area contributed by atoms with Gasteiger partial charge < -0.3 is 4.90 Å². The number of rotatable bonds is 3. The first-order valence-electron chi connectivity index (χ1n) is 7.26. The molecule has 0 amide bonds. The quantitative estimate of drug-likeness (QED) is 0.848. The van der Waals surface area contributed by atoms with Gasteiger partial charge in [-0.3, -0.25) is 0 Å². The van der Waals surface area contributed by atoms with Crippen LogP contribution in [-0.4, -0.2) is 48.9 Å². The van der Waals surface area contributed by atoms with Crippen LogP contribution >= 0.6 is 0 Å². The van der Waals surface area contributed by atoms with Gasteiger partial charge in [-0.05, 0) is 31.2 Å². The third-order valence-electron chi connectivity index (χ3n) is 3.80. The predicted octanol–water partition coefficient (Wildman–Crippen LogP) is 1.44. The van der Waals surface area contributed by atoms with E-state index in [0.29, 0.717) is 26.2 Å². The van der Waals surface area contributed by atoms with Crippen molar-refractivity contribution in [3.63, 3.8) is 0 Å². The average Bonchev–Trinajstić information content (AvgIpc) is 2.55. The van der Waals surface area contributed by atoms with E-state index in [9.17, 15) is 12.8 Å². The molecule has 0 aliphatic carbocycles. The fraction of sp³-hybridized carbons (Fsp3) is 0.333. The monoisotopic (exact) mass is 336 g/mol. The molecule has 0 spiro atoms. The maximum atomic E-state index is 13.0. The van der Waals surface area contributed by atoms with Gasteiger partial charge in [-0.2, -0.15) is 4.31 Å². The Morgan fingerprint density at radius 1 is 1.04 bits per heavy atom. The van der Waals surface area contributed by atoms with Gasteiger partial charge in [-0.25, -0.2) is 22.8 Å². The second-order valence-corrected chi connectivity index (χ2v) is 7.30. The molecule has 0 radical (unpaired) electrons. The highest BCUT2D eigenvalue weighted by molar-refractivity contribution is 7.89. The summed E-state index contributed by atoms with van der Waals surface area (Å²) in [5, 5.41) is 0. The highest BCUT2D eigenvalue weighted by Gasteiger charge is 2.28. The minimum Gasteiger partial charge on any atom is -0.354 e. The van der Waals surface area contributed by atoms with Crippen LogP contribution in [0.4, 0.5) is 10.2 Å². The molecule has 6 nitrogen and oxygen atoms in total. The standard InChI is InChI=1S/C15H17FN4O2S/c1-12-10-15(18-11-17-12)19-6-8-20(9-7-19)23(21,22)14-4-2-13(16)3-5-14/h2-5,10-11H,6-9H2,1H3. The van der Waals surface area contributed by atoms with Crippen molar-refractivity contribution in [1.82, 2.24) is 14.3 Å². The molecule has 23 heavy (non-hydrogen) atoms. The van der Waals surface area contributed by atoms with Crippen LogP contribution in [-0.2, 0) is 10.0 Å². The molecule has 1 aromatic heterocycles. The Bertz CT molecular complexity index is 787. The van der Waals surface area contributed by atoms with E-state index < -0.39 is 15.8 Å². The third kappa shape index (κ3) is 3.32. The molecule has 0 N–H and O–H groups in total. The first kappa shape index (κ1) is 15.8. The van der Waals surface area contributed by atoms with Crippen LogP contribution in [0.3, 0.4) is 0 Å². The van der Waals surface area contributed by atoms with Gasteiger partial charge in [0.15, 0.2) is 0 Å². The SMILES string of the molecule is Cc1cc(N2CCN(S(=O)(=O)c3ccc(F)cc3)CC2)ncn1. The van der Waals surface area contributed by atoms with E-state index in [-0.39, 0.29) is 4.90 Å². The zero-order valence-electron chi connectivity index (χ0n) is 12.7. The highest BCUT2D eigenvalue weighted by atomic mass is 32.2.